The van der Waals surface area contributed by atoms with Gasteiger partial charge in [-0.1, -0.05) is 19.8 Å². The van der Waals surface area contributed by atoms with Crippen molar-refractivity contribution in [3.8, 4) is 0 Å². The van der Waals surface area contributed by atoms with E-state index in [0.29, 0.717) is 31.0 Å². The second kappa shape index (κ2) is 11.8. The van der Waals surface area contributed by atoms with Crippen LogP contribution in [0, 0.1) is 0 Å². The molecule has 162 valence electrons. The Morgan fingerprint density at radius 2 is 1.93 bits per heavy atom. The van der Waals surface area contributed by atoms with Crippen molar-refractivity contribution >= 4 is 28.7 Å². The summed E-state index contributed by atoms with van der Waals surface area (Å²) in [7, 11) is 3.43. The first-order valence-electron chi connectivity index (χ1n) is 10.7. The summed E-state index contributed by atoms with van der Waals surface area (Å²) in [6, 6.07) is 4.64. The third-order valence-corrected chi connectivity index (χ3v) is 5.51. The topological polar surface area (TPSA) is 106 Å². The van der Waals surface area contributed by atoms with Crippen molar-refractivity contribution in [1.29, 1.82) is 0 Å². The van der Waals surface area contributed by atoms with E-state index in [-0.39, 0.29) is 12.5 Å². The number of benzene rings is 1. The second-order valence-corrected chi connectivity index (χ2v) is 7.60. The maximum atomic E-state index is 12.3. The Morgan fingerprint density at radius 1 is 1.21 bits per heavy atom. The van der Waals surface area contributed by atoms with Gasteiger partial charge in [0.1, 0.15) is 5.71 Å². The second-order valence-electron chi connectivity index (χ2n) is 7.60. The Bertz CT molecular complexity index is 700. The van der Waals surface area contributed by atoms with E-state index in [4.69, 9.17) is 5.11 Å². The molecule has 1 atom stereocenters. The molecule has 1 aliphatic carbocycles. The van der Waals surface area contributed by atoms with Crippen LogP contribution in [0.15, 0.2) is 17.1 Å². The molecule has 7 nitrogen and oxygen atoms in total. The van der Waals surface area contributed by atoms with Crippen LogP contribution in [-0.4, -0.2) is 54.7 Å². The summed E-state index contributed by atoms with van der Waals surface area (Å²) in [4.78, 5) is 17.0. The Kier molecular flexibility index (Phi) is 9.41. The largest absolute Gasteiger partial charge is 0.396 e. The monoisotopic (exact) mass is 404 g/mol. The van der Waals surface area contributed by atoms with E-state index in [1.165, 1.54) is 31.2 Å². The molecule has 0 spiro atoms. The lowest BCUT2D eigenvalue weighted by Gasteiger charge is -2.19. The lowest BCUT2D eigenvalue weighted by atomic mass is 10.1. The van der Waals surface area contributed by atoms with Gasteiger partial charge in [0, 0.05) is 32.4 Å². The zero-order chi connectivity index (χ0) is 21.2. The van der Waals surface area contributed by atoms with Gasteiger partial charge < -0.3 is 26.2 Å². The molecule has 7 heteroatoms. The molecule has 1 unspecified atom stereocenters. The van der Waals surface area contributed by atoms with Crippen molar-refractivity contribution in [2.45, 2.75) is 70.4 Å². The van der Waals surface area contributed by atoms with E-state index < -0.39 is 6.10 Å². The van der Waals surface area contributed by atoms with Crippen molar-refractivity contribution in [1.82, 2.24) is 5.32 Å². The number of amides is 1. The summed E-state index contributed by atoms with van der Waals surface area (Å²) in [6.45, 7) is 2.04. The van der Waals surface area contributed by atoms with Crippen LogP contribution in [0.25, 0.3) is 0 Å². The first kappa shape index (κ1) is 23.2. The maximum Gasteiger partial charge on any atom is 0.265 e. The van der Waals surface area contributed by atoms with Gasteiger partial charge in [0.2, 0.25) is 0 Å². The number of aliphatic hydroxyl groups excluding tert-OH is 2. The minimum atomic E-state index is -0.650. The van der Waals surface area contributed by atoms with Crippen molar-refractivity contribution in [2.24, 2.45) is 4.99 Å². The van der Waals surface area contributed by atoms with Crippen molar-refractivity contribution in [3.63, 3.8) is 0 Å². The van der Waals surface area contributed by atoms with E-state index in [1.807, 2.05) is 13.1 Å². The van der Waals surface area contributed by atoms with Crippen LogP contribution in [0.3, 0.4) is 0 Å². The number of carbonyl (C=O) groups excluding carboxylic acids is 1. The van der Waals surface area contributed by atoms with E-state index in [9.17, 15) is 9.90 Å². The molecule has 0 radical (unpaired) electrons. The number of nitrogens with one attached hydrogen (secondary N) is 3. The quantitative estimate of drug-likeness (QED) is 0.365. The van der Waals surface area contributed by atoms with Crippen LogP contribution in [0.5, 0.6) is 0 Å². The smallest absolute Gasteiger partial charge is 0.265 e. The van der Waals surface area contributed by atoms with Gasteiger partial charge in [-0.3, -0.25) is 4.79 Å². The molecule has 1 aliphatic rings. The number of rotatable bonds is 11. The van der Waals surface area contributed by atoms with Crippen molar-refractivity contribution in [3.05, 3.63) is 17.7 Å². The van der Waals surface area contributed by atoms with Gasteiger partial charge in [-0.25, -0.2) is 4.99 Å². The fraction of sp³-hybridized carbons (Fsp3) is 0.636. The van der Waals surface area contributed by atoms with Crippen LogP contribution < -0.4 is 16.0 Å². The Balaban J connectivity index is 2.31. The molecule has 1 aromatic carbocycles. The third-order valence-electron chi connectivity index (χ3n) is 5.51. The fourth-order valence-electron chi connectivity index (χ4n) is 3.75. The number of hydrogen-bond donors (Lipinski definition) is 5. The molecular formula is C22H36N4O3. The highest BCUT2D eigenvalue weighted by molar-refractivity contribution is 6.39. The highest BCUT2D eigenvalue weighted by atomic mass is 16.3. The molecule has 1 saturated carbocycles. The van der Waals surface area contributed by atoms with Crippen LogP contribution in [0.4, 0.5) is 17.1 Å². The van der Waals surface area contributed by atoms with Gasteiger partial charge >= 0.3 is 0 Å². The SMILES string of the molecule is CCc1cc(N=C(CCC(O)CCO)C(=O)NC)c(NC)cc1NC1CCCC1. The van der Waals surface area contributed by atoms with E-state index in [0.717, 1.165) is 23.5 Å². The molecule has 1 fully saturated rings. The zero-order valence-electron chi connectivity index (χ0n) is 17.9. The molecule has 0 bridgehead atoms. The molecule has 0 saturated heterocycles. The molecule has 5 N–H and O–H groups in total. The van der Waals surface area contributed by atoms with Gasteiger partial charge in [-0.15, -0.1) is 0 Å². The third kappa shape index (κ3) is 6.72. The summed E-state index contributed by atoms with van der Waals surface area (Å²) in [5.41, 5.74) is 4.25. The number of carbonyl (C=O) groups is 1. The number of anilines is 2. The van der Waals surface area contributed by atoms with E-state index in [2.05, 4.69) is 33.9 Å². The van der Waals surface area contributed by atoms with Crippen molar-refractivity contribution in [2.75, 3.05) is 31.3 Å². The Labute approximate surface area is 174 Å². The maximum absolute atomic E-state index is 12.3. The highest BCUT2D eigenvalue weighted by Gasteiger charge is 2.18. The van der Waals surface area contributed by atoms with Gasteiger partial charge in [0.25, 0.3) is 5.91 Å². The van der Waals surface area contributed by atoms with Crippen LogP contribution in [0.1, 0.15) is 57.4 Å². The summed E-state index contributed by atoms with van der Waals surface area (Å²) in [5.74, 6) is -0.255. The van der Waals surface area contributed by atoms with Gasteiger partial charge in [-0.05, 0) is 56.2 Å². The lowest BCUT2D eigenvalue weighted by molar-refractivity contribution is -0.114. The normalized spacial score (nSPS) is 16.0. The van der Waals surface area contributed by atoms with Gasteiger partial charge in [0.15, 0.2) is 0 Å². The average molecular weight is 405 g/mol. The molecule has 2 rings (SSSR count). The molecule has 1 aromatic rings. The predicted molar refractivity (Wildman–Crippen MR) is 119 cm³/mol. The number of nitrogens with zero attached hydrogens (tertiary/aromatic N) is 1. The Morgan fingerprint density at radius 3 is 2.52 bits per heavy atom. The minimum Gasteiger partial charge on any atom is -0.396 e. The average Bonchev–Trinajstić information content (AvgIpc) is 3.24. The molecule has 29 heavy (non-hydrogen) atoms. The molecule has 0 aromatic heterocycles. The van der Waals surface area contributed by atoms with Crippen LogP contribution >= 0.6 is 0 Å². The lowest BCUT2D eigenvalue weighted by Crippen LogP contribution is -2.28. The number of aliphatic hydroxyl groups is 2. The molecule has 0 aliphatic heterocycles. The first-order valence-corrected chi connectivity index (χ1v) is 10.7. The zero-order valence-corrected chi connectivity index (χ0v) is 17.9. The van der Waals surface area contributed by atoms with Crippen molar-refractivity contribution < 1.29 is 15.0 Å². The summed E-state index contributed by atoms with van der Waals surface area (Å²) in [5, 5.41) is 28.4. The molecule has 1 amide bonds. The highest BCUT2D eigenvalue weighted by Crippen LogP contribution is 2.34. The van der Waals surface area contributed by atoms with Crippen LogP contribution in [-0.2, 0) is 11.2 Å². The first-order chi connectivity index (χ1) is 14.0. The van der Waals surface area contributed by atoms with E-state index in [1.54, 1.807) is 7.05 Å². The van der Waals surface area contributed by atoms with E-state index >= 15 is 0 Å². The number of aryl methyl sites for hydroxylation is 1. The van der Waals surface area contributed by atoms with Gasteiger partial charge in [-0.2, -0.15) is 0 Å². The molecular weight excluding hydrogens is 368 g/mol. The standard InChI is InChI=1S/C22H36N4O3/c1-4-15-13-21(20(23-2)14-19(15)25-16-7-5-6-8-16)26-18(22(29)24-3)10-9-17(28)11-12-27/h13-14,16-17,23,25,27-28H,4-12H2,1-3H3,(H,24,29). The molecule has 0 heterocycles. The Hall–Kier alpha value is -2.12. The summed E-state index contributed by atoms with van der Waals surface area (Å²) < 4.78 is 0. The minimum absolute atomic E-state index is 0.0766. The fourth-order valence-corrected chi connectivity index (χ4v) is 3.75. The summed E-state index contributed by atoms with van der Waals surface area (Å²) in [6.07, 6.45) is 6.19. The van der Waals surface area contributed by atoms with Gasteiger partial charge in [0.05, 0.1) is 17.5 Å². The summed E-state index contributed by atoms with van der Waals surface area (Å²) >= 11 is 0. The predicted octanol–water partition coefficient (Wildman–Crippen LogP) is 2.99. The number of hydrogen-bond acceptors (Lipinski definition) is 6. The van der Waals surface area contributed by atoms with Crippen LogP contribution in [0.2, 0.25) is 0 Å². The number of aliphatic imine (C=N–C) groups is 1.